The van der Waals surface area contributed by atoms with Gasteiger partial charge in [0.05, 0.1) is 7.11 Å². The Labute approximate surface area is 125 Å². The minimum absolute atomic E-state index is 0.0995. The number of methoxy groups -OCH3 is 1. The molecule has 1 aromatic carbocycles. The van der Waals surface area contributed by atoms with E-state index in [2.05, 4.69) is 5.32 Å². The fourth-order valence-corrected chi connectivity index (χ4v) is 2.42. The van der Waals surface area contributed by atoms with Gasteiger partial charge in [-0.2, -0.15) is 0 Å². The number of rotatable bonds is 10. The second-order valence-corrected chi connectivity index (χ2v) is 5.34. The van der Waals surface area contributed by atoms with E-state index in [9.17, 15) is 4.79 Å². The molecule has 0 aliphatic heterocycles. The lowest BCUT2D eigenvalue weighted by Gasteiger charge is -2.06. The van der Waals surface area contributed by atoms with E-state index in [-0.39, 0.29) is 5.91 Å². The van der Waals surface area contributed by atoms with Gasteiger partial charge in [0.1, 0.15) is 5.75 Å². The lowest BCUT2D eigenvalue weighted by molar-refractivity contribution is -0.120. The summed E-state index contributed by atoms with van der Waals surface area (Å²) in [7, 11) is 1.65. The van der Waals surface area contributed by atoms with E-state index in [0.29, 0.717) is 19.6 Å². The van der Waals surface area contributed by atoms with Gasteiger partial charge in [-0.25, -0.2) is 0 Å². The first kappa shape index (κ1) is 16.9. The highest BCUT2D eigenvalue weighted by Crippen LogP contribution is 2.21. The Morgan fingerprint density at radius 2 is 2.05 bits per heavy atom. The summed E-state index contributed by atoms with van der Waals surface area (Å²) < 4.78 is 10.3. The van der Waals surface area contributed by atoms with Gasteiger partial charge in [-0.1, -0.05) is 0 Å². The second-order valence-electron chi connectivity index (χ2n) is 4.17. The molecular formula is C15H23NO3S. The van der Waals surface area contributed by atoms with Gasteiger partial charge < -0.3 is 14.8 Å². The van der Waals surface area contributed by atoms with Crippen LogP contribution in [0.2, 0.25) is 0 Å². The van der Waals surface area contributed by atoms with Crippen molar-refractivity contribution in [1.82, 2.24) is 5.32 Å². The highest BCUT2D eigenvalue weighted by Gasteiger charge is 2.02. The molecule has 0 spiro atoms. The van der Waals surface area contributed by atoms with Gasteiger partial charge in [-0.3, -0.25) is 4.79 Å². The summed E-state index contributed by atoms with van der Waals surface area (Å²) in [6.45, 7) is 4.09. The molecule has 4 nitrogen and oxygen atoms in total. The Kier molecular flexibility index (Phi) is 8.91. The second kappa shape index (κ2) is 10.6. The van der Waals surface area contributed by atoms with E-state index in [0.717, 1.165) is 29.4 Å². The number of amides is 1. The van der Waals surface area contributed by atoms with Crippen LogP contribution >= 0.6 is 11.8 Å². The summed E-state index contributed by atoms with van der Waals surface area (Å²) in [5.74, 6) is 1.73. The van der Waals surface area contributed by atoms with Crippen molar-refractivity contribution in [3.8, 4) is 5.75 Å². The molecule has 0 aliphatic carbocycles. The fourth-order valence-electron chi connectivity index (χ4n) is 1.57. The Balaban J connectivity index is 2.08. The lowest BCUT2D eigenvalue weighted by atomic mass is 10.3. The zero-order valence-corrected chi connectivity index (χ0v) is 13.0. The molecule has 0 unspecified atom stereocenters. The van der Waals surface area contributed by atoms with Gasteiger partial charge in [0.15, 0.2) is 0 Å². The van der Waals surface area contributed by atoms with E-state index in [1.807, 2.05) is 31.2 Å². The van der Waals surface area contributed by atoms with Gasteiger partial charge in [0, 0.05) is 36.8 Å². The van der Waals surface area contributed by atoms with Crippen LogP contribution in [0, 0.1) is 0 Å². The van der Waals surface area contributed by atoms with Crippen molar-refractivity contribution in [1.29, 1.82) is 0 Å². The molecule has 0 radical (unpaired) electrons. The monoisotopic (exact) mass is 297 g/mol. The van der Waals surface area contributed by atoms with Crippen molar-refractivity contribution in [3.63, 3.8) is 0 Å². The lowest BCUT2D eigenvalue weighted by Crippen LogP contribution is -2.25. The molecule has 0 atom stereocenters. The number of hydrogen-bond acceptors (Lipinski definition) is 4. The molecule has 20 heavy (non-hydrogen) atoms. The summed E-state index contributed by atoms with van der Waals surface area (Å²) in [5, 5.41) is 2.89. The van der Waals surface area contributed by atoms with Crippen molar-refractivity contribution in [2.75, 3.05) is 32.6 Å². The van der Waals surface area contributed by atoms with Crippen LogP contribution in [0.3, 0.4) is 0 Å². The molecule has 1 aromatic rings. The third kappa shape index (κ3) is 7.40. The van der Waals surface area contributed by atoms with Crippen LogP contribution in [-0.2, 0) is 9.53 Å². The summed E-state index contributed by atoms with van der Waals surface area (Å²) in [4.78, 5) is 12.7. The fraction of sp³-hybridized carbons (Fsp3) is 0.533. The zero-order chi connectivity index (χ0) is 14.6. The molecule has 0 saturated heterocycles. The third-order valence-corrected chi connectivity index (χ3v) is 3.66. The molecule has 1 rings (SSSR count). The van der Waals surface area contributed by atoms with E-state index >= 15 is 0 Å². The first-order valence-corrected chi connectivity index (χ1v) is 7.86. The Bertz CT molecular complexity index is 381. The van der Waals surface area contributed by atoms with Crippen molar-refractivity contribution in [2.45, 2.75) is 24.7 Å². The maximum absolute atomic E-state index is 11.6. The minimum Gasteiger partial charge on any atom is -0.497 e. The predicted octanol–water partition coefficient (Wildman–Crippen LogP) is 2.72. The molecule has 112 valence electrons. The third-order valence-electron chi connectivity index (χ3n) is 2.65. The van der Waals surface area contributed by atoms with E-state index in [1.54, 1.807) is 18.9 Å². The number of nitrogens with one attached hydrogen (secondary N) is 1. The maximum atomic E-state index is 11.6. The molecule has 0 aromatic heterocycles. The smallest absolute Gasteiger partial charge is 0.220 e. The van der Waals surface area contributed by atoms with Crippen LogP contribution < -0.4 is 10.1 Å². The van der Waals surface area contributed by atoms with E-state index in [1.165, 1.54) is 0 Å². The van der Waals surface area contributed by atoms with Gasteiger partial charge >= 0.3 is 0 Å². The molecule has 0 aliphatic rings. The number of thioether (sulfide) groups is 1. The molecular weight excluding hydrogens is 274 g/mol. The molecule has 0 fully saturated rings. The normalized spacial score (nSPS) is 10.3. The van der Waals surface area contributed by atoms with Gasteiger partial charge in [0.25, 0.3) is 0 Å². The Hall–Kier alpha value is -1.20. The highest BCUT2D eigenvalue weighted by atomic mass is 32.2. The van der Waals surface area contributed by atoms with Crippen LogP contribution in [0.4, 0.5) is 0 Å². The number of benzene rings is 1. The zero-order valence-electron chi connectivity index (χ0n) is 12.2. The minimum atomic E-state index is 0.0995. The van der Waals surface area contributed by atoms with Crippen molar-refractivity contribution in [2.24, 2.45) is 0 Å². The van der Waals surface area contributed by atoms with Crippen LogP contribution in [0.15, 0.2) is 29.2 Å². The molecule has 5 heteroatoms. The van der Waals surface area contributed by atoms with Crippen LogP contribution in [0.5, 0.6) is 5.75 Å². The van der Waals surface area contributed by atoms with Crippen LogP contribution in [-0.4, -0.2) is 38.5 Å². The number of ether oxygens (including phenoxy) is 2. The molecule has 0 heterocycles. The average Bonchev–Trinajstić information content (AvgIpc) is 2.48. The SMILES string of the molecule is CCOCCCNC(=O)CCSc1ccc(OC)cc1. The number of hydrogen-bond donors (Lipinski definition) is 1. The maximum Gasteiger partial charge on any atom is 0.220 e. The molecule has 0 bridgehead atoms. The summed E-state index contributed by atoms with van der Waals surface area (Å²) >= 11 is 1.67. The van der Waals surface area contributed by atoms with Gasteiger partial charge in [-0.05, 0) is 37.6 Å². The molecule has 1 N–H and O–H groups in total. The quantitative estimate of drug-likeness (QED) is 0.533. The van der Waals surface area contributed by atoms with Crippen molar-refractivity contribution >= 4 is 17.7 Å². The standard InChI is InChI=1S/C15H23NO3S/c1-3-19-11-4-10-16-15(17)9-12-20-14-7-5-13(18-2)6-8-14/h5-8H,3-4,9-12H2,1-2H3,(H,16,17). The first-order chi connectivity index (χ1) is 9.76. The predicted molar refractivity (Wildman–Crippen MR) is 82.5 cm³/mol. The van der Waals surface area contributed by atoms with E-state index < -0.39 is 0 Å². The van der Waals surface area contributed by atoms with Crippen LogP contribution in [0.1, 0.15) is 19.8 Å². The largest absolute Gasteiger partial charge is 0.497 e. The van der Waals surface area contributed by atoms with Crippen molar-refractivity contribution in [3.05, 3.63) is 24.3 Å². The molecule has 1 amide bonds. The van der Waals surface area contributed by atoms with Crippen LogP contribution in [0.25, 0.3) is 0 Å². The topological polar surface area (TPSA) is 47.6 Å². The van der Waals surface area contributed by atoms with Gasteiger partial charge in [-0.15, -0.1) is 11.8 Å². The first-order valence-electron chi connectivity index (χ1n) is 6.87. The van der Waals surface area contributed by atoms with Gasteiger partial charge in [0.2, 0.25) is 5.91 Å². The Morgan fingerprint density at radius 3 is 2.70 bits per heavy atom. The Morgan fingerprint density at radius 1 is 1.30 bits per heavy atom. The molecule has 0 saturated carbocycles. The number of carbonyl (C=O) groups is 1. The number of carbonyl (C=O) groups excluding carboxylic acids is 1. The van der Waals surface area contributed by atoms with Crippen molar-refractivity contribution < 1.29 is 14.3 Å². The van der Waals surface area contributed by atoms with E-state index in [4.69, 9.17) is 9.47 Å². The highest BCUT2D eigenvalue weighted by molar-refractivity contribution is 7.99. The average molecular weight is 297 g/mol. The summed E-state index contributed by atoms with van der Waals surface area (Å²) in [5.41, 5.74) is 0. The summed E-state index contributed by atoms with van der Waals surface area (Å²) in [6.07, 6.45) is 1.40. The summed E-state index contributed by atoms with van der Waals surface area (Å²) in [6, 6.07) is 7.86.